The quantitative estimate of drug-likeness (QED) is 0.265. The zero-order valence-corrected chi connectivity index (χ0v) is 16.1. The minimum Gasteiger partial charge on any atom is -0.507 e. The van der Waals surface area contributed by atoms with Gasteiger partial charge in [-0.3, -0.25) is 19.7 Å². The lowest BCUT2D eigenvalue weighted by Gasteiger charge is -2.26. The predicted octanol–water partition coefficient (Wildman–Crippen LogP) is 2.58. The second kappa shape index (κ2) is 8.24. The molecule has 1 unspecified atom stereocenters. The average Bonchev–Trinajstić information content (AvgIpc) is 2.97. The highest BCUT2D eigenvalue weighted by atomic mass is 16.6. The number of non-ortho nitro benzene ring substituents is 1. The molecule has 1 aliphatic heterocycles. The largest absolute Gasteiger partial charge is 0.507 e. The molecule has 2 aromatic rings. The fourth-order valence-corrected chi connectivity index (χ4v) is 3.29. The van der Waals surface area contributed by atoms with Gasteiger partial charge in [-0.25, -0.2) is 0 Å². The highest BCUT2D eigenvalue weighted by Gasteiger charge is 2.45. The van der Waals surface area contributed by atoms with Gasteiger partial charge in [0.05, 0.1) is 16.5 Å². The number of nitrogens with zero attached hydrogens (tertiary/aromatic N) is 3. The number of ketones is 1. The molecule has 29 heavy (non-hydrogen) atoms. The summed E-state index contributed by atoms with van der Waals surface area (Å²) < 4.78 is 0. The summed E-state index contributed by atoms with van der Waals surface area (Å²) in [7, 11) is 3.70. The van der Waals surface area contributed by atoms with Crippen LogP contribution in [0.25, 0.3) is 5.76 Å². The van der Waals surface area contributed by atoms with Gasteiger partial charge in [0, 0.05) is 30.8 Å². The second-order valence-electron chi connectivity index (χ2n) is 7.01. The third kappa shape index (κ3) is 4.02. The normalized spacial score (nSPS) is 18.4. The minimum absolute atomic E-state index is 0.0196. The molecule has 1 atom stereocenters. The first-order valence-corrected chi connectivity index (χ1v) is 9.04. The summed E-state index contributed by atoms with van der Waals surface area (Å²) in [6.07, 6.45) is 0. The average molecular weight is 395 g/mol. The van der Waals surface area contributed by atoms with Crippen molar-refractivity contribution in [1.82, 2.24) is 9.80 Å². The van der Waals surface area contributed by atoms with Gasteiger partial charge >= 0.3 is 0 Å². The number of Topliss-reactive ketones (excluding diaryl/α,β-unsaturated/α-hetero) is 1. The number of likely N-dealkylation sites (tertiary alicyclic amines) is 1. The molecule has 1 amide bonds. The topological polar surface area (TPSA) is 104 Å². The molecular formula is C21H21N3O5. The summed E-state index contributed by atoms with van der Waals surface area (Å²) in [5.74, 6) is -1.74. The molecule has 0 radical (unpaired) electrons. The number of aliphatic hydroxyl groups is 1. The van der Waals surface area contributed by atoms with Crippen molar-refractivity contribution in [2.24, 2.45) is 0 Å². The summed E-state index contributed by atoms with van der Waals surface area (Å²) in [6, 6.07) is 13.4. The molecule has 1 heterocycles. The van der Waals surface area contributed by atoms with E-state index in [1.807, 2.05) is 19.0 Å². The van der Waals surface area contributed by atoms with Crippen LogP contribution in [0.4, 0.5) is 5.69 Å². The first kappa shape index (κ1) is 20.2. The zero-order chi connectivity index (χ0) is 21.1. The number of carbonyl (C=O) groups excluding carboxylic acids is 2. The van der Waals surface area contributed by atoms with Gasteiger partial charge in [0.1, 0.15) is 5.76 Å². The first-order chi connectivity index (χ1) is 13.8. The fraction of sp³-hybridized carbons (Fsp3) is 0.238. The summed E-state index contributed by atoms with van der Waals surface area (Å²) in [6.45, 7) is 0.784. The molecule has 0 aliphatic carbocycles. The van der Waals surface area contributed by atoms with E-state index in [2.05, 4.69) is 0 Å². The van der Waals surface area contributed by atoms with Gasteiger partial charge in [-0.15, -0.1) is 0 Å². The maximum atomic E-state index is 12.8. The van der Waals surface area contributed by atoms with Gasteiger partial charge in [-0.1, -0.05) is 30.3 Å². The third-order valence-electron chi connectivity index (χ3n) is 4.79. The van der Waals surface area contributed by atoms with E-state index in [9.17, 15) is 24.8 Å². The van der Waals surface area contributed by atoms with Crippen molar-refractivity contribution in [3.63, 3.8) is 0 Å². The Morgan fingerprint density at radius 2 is 1.72 bits per heavy atom. The lowest BCUT2D eigenvalue weighted by molar-refractivity contribution is -0.384. The molecule has 8 heteroatoms. The molecule has 0 bridgehead atoms. The Labute approximate surface area is 167 Å². The Balaban J connectivity index is 2.13. The van der Waals surface area contributed by atoms with Gasteiger partial charge in [-0.2, -0.15) is 0 Å². The molecule has 1 N–H and O–H groups in total. The van der Waals surface area contributed by atoms with E-state index in [-0.39, 0.29) is 23.6 Å². The number of likely N-dealkylation sites (N-methyl/N-ethyl adjacent to an activating group) is 1. The van der Waals surface area contributed by atoms with Crippen molar-refractivity contribution >= 4 is 23.1 Å². The maximum absolute atomic E-state index is 12.8. The van der Waals surface area contributed by atoms with E-state index in [0.717, 1.165) is 0 Å². The molecule has 150 valence electrons. The summed E-state index contributed by atoms with van der Waals surface area (Å²) >= 11 is 0. The Morgan fingerprint density at radius 3 is 2.28 bits per heavy atom. The van der Waals surface area contributed by atoms with Crippen LogP contribution in [-0.2, 0) is 9.59 Å². The molecule has 1 aliphatic rings. The SMILES string of the molecule is CN(C)CCN1C(=O)C(=O)/C(=C(\O)c2ccccc2)C1c1ccc([N+](=O)[O-])cc1. The number of hydrogen-bond acceptors (Lipinski definition) is 6. The highest BCUT2D eigenvalue weighted by Crippen LogP contribution is 2.39. The molecule has 0 spiro atoms. The number of rotatable bonds is 6. The van der Waals surface area contributed by atoms with E-state index in [1.165, 1.54) is 29.2 Å². The summed E-state index contributed by atoms with van der Waals surface area (Å²) in [5, 5.41) is 21.8. The number of nitro benzene ring substituents is 1. The van der Waals surface area contributed by atoms with Crippen LogP contribution in [0.1, 0.15) is 17.2 Å². The Bertz CT molecular complexity index is 968. The Kier molecular flexibility index (Phi) is 5.74. The van der Waals surface area contributed by atoms with E-state index in [0.29, 0.717) is 17.7 Å². The van der Waals surface area contributed by atoms with Gasteiger partial charge in [-0.05, 0) is 31.8 Å². The van der Waals surface area contributed by atoms with E-state index < -0.39 is 22.7 Å². The maximum Gasteiger partial charge on any atom is 0.295 e. The van der Waals surface area contributed by atoms with Crippen LogP contribution in [0.3, 0.4) is 0 Å². The summed E-state index contributed by atoms with van der Waals surface area (Å²) in [4.78, 5) is 39.3. The van der Waals surface area contributed by atoms with Crippen molar-refractivity contribution in [2.75, 3.05) is 27.2 Å². The van der Waals surface area contributed by atoms with E-state index >= 15 is 0 Å². The van der Waals surface area contributed by atoms with Crippen LogP contribution >= 0.6 is 0 Å². The Hall–Kier alpha value is -3.52. The second-order valence-corrected chi connectivity index (χ2v) is 7.01. The smallest absolute Gasteiger partial charge is 0.295 e. The van der Waals surface area contributed by atoms with Crippen LogP contribution in [0.2, 0.25) is 0 Å². The monoisotopic (exact) mass is 395 g/mol. The number of amides is 1. The molecule has 1 fully saturated rings. The number of aliphatic hydroxyl groups excluding tert-OH is 1. The molecule has 3 rings (SSSR count). The molecule has 0 aromatic heterocycles. The van der Waals surface area contributed by atoms with Crippen molar-refractivity contribution < 1.29 is 19.6 Å². The molecule has 1 saturated heterocycles. The number of benzene rings is 2. The van der Waals surface area contributed by atoms with Crippen molar-refractivity contribution in [2.45, 2.75) is 6.04 Å². The van der Waals surface area contributed by atoms with Gasteiger partial charge in [0.25, 0.3) is 17.4 Å². The number of nitro groups is 1. The minimum atomic E-state index is -0.823. The molecule has 0 saturated carbocycles. The van der Waals surface area contributed by atoms with Crippen LogP contribution in [0.15, 0.2) is 60.2 Å². The first-order valence-electron chi connectivity index (χ1n) is 9.04. The predicted molar refractivity (Wildman–Crippen MR) is 107 cm³/mol. The van der Waals surface area contributed by atoms with E-state index in [1.54, 1.807) is 30.3 Å². The van der Waals surface area contributed by atoms with Crippen molar-refractivity contribution in [3.8, 4) is 0 Å². The van der Waals surface area contributed by atoms with Crippen molar-refractivity contribution in [1.29, 1.82) is 0 Å². The van der Waals surface area contributed by atoms with Gasteiger partial charge < -0.3 is 14.9 Å². The molecule has 2 aromatic carbocycles. The third-order valence-corrected chi connectivity index (χ3v) is 4.79. The van der Waals surface area contributed by atoms with Crippen LogP contribution < -0.4 is 0 Å². The van der Waals surface area contributed by atoms with Gasteiger partial charge in [0.2, 0.25) is 0 Å². The van der Waals surface area contributed by atoms with Crippen LogP contribution in [-0.4, -0.2) is 58.7 Å². The molecular weight excluding hydrogens is 374 g/mol. The zero-order valence-electron chi connectivity index (χ0n) is 16.1. The highest BCUT2D eigenvalue weighted by molar-refractivity contribution is 6.46. The fourth-order valence-electron chi connectivity index (χ4n) is 3.29. The molecule has 8 nitrogen and oxygen atoms in total. The standard InChI is InChI=1S/C21H21N3O5/c1-22(2)12-13-23-18(14-8-10-16(11-9-14)24(28)29)17(20(26)21(23)27)19(25)15-6-4-3-5-7-15/h3-11,18,25H,12-13H2,1-2H3/b19-17-. The van der Waals surface area contributed by atoms with Crippen molar-refractivity contribution in [3.05, 3.63) is 81.4 Å². The lowest BCUT2D eigenvalue weighted by Crippen LogP contribution is -2.35. The van der Waals surface area contributed by atoms with Gasteiger partial charge in [0.15, 0.2) is 0 Å². The van der Waals surface area contributed by atoms with Crippen LogP contribution in [0, 0.1) is 10.1 Å². The summed E-state index contributed by atoms with van der Waals surface area (Å²) in [5.41, 5.74) is 0.826. The number of carbonyl (C=O) groups is 2. The number of hydrogen-bond donors (Lipinski definition) is 1. The Morgan fingerprint density at radius 1 is 1.10 bits per heavy atom. The lowest BCUT2D eigenvalue weighted by atomic mass is 9.95. The van der Waals surface area contributed by atoms with E-state index in [4.69, 9.17) is 0 Å². The van der Waals surface area contributed by atoms with Crippen LogP contribution in [0.5, 0.6) is 0 Å².